The van der Waals surface area contributed by atoms with E-state index in [0.717, 1.165) is 0 Å². The Morgan fingerprint density at radius 1 is 0.394 bits per heavy atom. The maximum absolute atomic E-state index is 4.14. The van der Waals surface area contributed by atoms with Crippen molar-refractivity contribution in [3.05, 3.63) is 11.3 Å². The monoisotopic (exact) mass is 464 g/mol. The average Bonchev–Trinajstić information content (AvgIpc) is 2.49. The summed E-state index contributed by atoms with van der Waals surface area (Å²) in [5.74, 6) is 0. The number of allylic oxidation sites excluding steroid dienone is 2. The highest BCUT2D eigenvalue weighted by Gasteiger charge is 2.57. The molecule has 1 aliphatic rings. The SMILES string of the molecule is CC(C)=C(C)N1C(C)(C)C(C)(C)NC(C)(C)C(C)(C)NC(C)(C)C(C)(C)NC(C)(C)C1(C)C. The molecule has 0 radical (unpaired) electrons. The minimum Gasteiger partial charge on any atom is -0.361 e. The normalized spacial score (nSPS) is 29.4. The molecule has 0 aliphatic carbocycles. The third-order valence-electron chi connectivity index (χ3n) is 10.2. The van der Waals surface area contributed by atoms with Gasteiger partial charge in [0, 0.05) is 38.9 Å². The van der Waals surface area contributed by atoms with E-state index < -0.39 is 0 Å². The highest BCUT2D eigenvalue weighted by atomic mass is 15.3. The predicted molar refractivity (Wildman–Crippen MR) is 148 cm³/mol. The molecule has 33 heavy (non-hydrogen) atoms. The Morgan fingerprint density at radius 2 is 0.606 bits per heavy atom. The van der Waals surface area contributed by atoms with Crippen LogP contribution >= 0.6 is 0 Å². The maximum atomic E-state index is 4.14. The molecule has 1 saturated heterocycles. The van der Waals surface area contributed by atoms with Gasteiger partial charge in [0.1, 0.15) is 0 Å². The summed E-state index contributed by atoms with van der Waals surface area (Å²) >= 11 is 0. The van der Waals surface area contributed by atoms with Gasteiger partial charge in [-0.15, -0.1) is 0 Å². The molecule has 1 fully saturated rings. The fourth-order valence-corrected chi connectivity index (χ4v) is 5.59. The van der Waals surface area contributed by atoms with Crippen molar-refractivity contribution in [2.75, 3.05) is 0 Å². The van der Waals surface area contributed by atoms with E-state index >= 15 is 0 Å². The van der Waals surface area contributed by atoms with Gasteiger partial charge < -0.3 is 20.9 Å². The van der Waals surface area contributed by atoms with E-state index in [0.29, 0.717) is 0 Å². The molecule has 4 heteroatoms. The van der Waals surface area contributed by atoms with Crippen LogP contribution in [0.15, 0.2) is 11.3 Å². The summed E-state index contributed by atoms with van der Waals surface area (Å²) in [7, 11) is 0. The Hall–Kier alpha value is -0.580. The first-order chi connectivity index (χ1) is 14.1. The van der Waals surface area contributed by atoms with Crippen molar-refractivity contribution in [2.45, 2.75) is 176 Å². The van der Waals surface area contributed by atoms with E-state index in [1.807, 2.05) is 0 Å². The largest absolute Gasteiger partial charge is 0.361 e. The quantitative estimate of drug-likeness (QED) is 0.408. The van der Waals surface area contributed by atoms with Crippen molar-refractivity contribution in [3.63, 3.8) is 0 Å². The van der Waals surface area contributed by atoms with Gasteiger partial charge in [-0.25, -0.2) is 0 Å². The van der Waals surface area contributed by atoms with E-state index in [4.69, 9.17) is 0 Å². The standard InChI is InChI=1S/C29H60N4/c1-20(2)21(3)33-28(16,17)26(12,13)31-24(8,9)22(4,5)30-23(6,7)25(10,11)32-27(14,15)29(33,18)19/h30-32H,1-19H3. The summed E-state index contributed by atoms with van der Waals surface area (Å²) < 4.78 is 0. The van der Waals surface area contributed by atoms with Crippen LogP contribution in [-0.2, 0) is 0 Å². The number of hydrogen-bond donors (Lipinski definition) is 3. The van der Waals surface area contributed by atoms with E-state index in [2.05, 4.69) is 152 Å². The minimum absolute atomic E-state index is 0.169. The van der Waals surface area contributed by atoms with Crippen molar-refractivity contribution in [1.82, 2.24) is 20.9 Å². The van der Waals surface area contributed by atoms with Gasteiger partial charge >= 0.3 is 0 Å². The van der Waals surface area contributed by atoms with Gasteiger partial charge in [-0.05, 0) is 132 Å². The third kappa shape index (κ3) is 5.05. The Morgan fingerprint density at radius 3 is 0.818 bits per heavy atom. The molecule has 0 aromatic carbocycles. The average molecular weight is 465 g/mol. The smallest absolute Gasteiger partial charge is 0.0525 e. The first-order valence-corrected chi connectivity index (χ1v) is 12.9. The Balaban J connectivity index is 4.07. The van der Waals surface area contributed by atoms with Crippen LogP contribution in [0.25, 0.3) is 0 Å². The van der Waals surface area contributed by atoms with Crippen LogP contribution in [0.5, 0.6) is 0 Å². The van der Waals surface area contributed by atoms with E-state index in [1.165, 1.54) is 11.3 Å². The van der Waals surface area contributed by atoms with Gasteiger partial charge in [-0.3, -0.25) is 0 Å². The molecule has 4 nitrogen and oxygen atoms in total. The van der Waals surface area contributed by atoms with Crippen LogP contribution in [0, 0.1) is 0 Å². The summed E-state index contributed by atoms with van der Waals surface area (Å²) in [6.07, 6.45) is 0. The highest BCUT2D eigenvalue weighted by molar-refractivity contribution is 5.24. The molecule has 3 N–H and O–H groups in total. The van der Waals surface area contributed by atoms with E-state index in [1.54, 1.807) is 0 Å². The lowest BCUT2D eigenvalue weighted by Crippen LogP contribution is -2.82. The molecule has 196 valence electrons. The lowest BCUT2D eigenvalue weighted by atomic mass is 9.67. The van der Waals surface area contributed by atoms with Gasteiger partial charge in [0.15, 0.2) is 0 Å². The Labute approximate surface area is 208 Å². The Bertz CT molecular complexity index is 704. The zero-order valence-corrected chi connectivity index (χ0v) is 25.9. The van der Waals surface area contributed by atoms with Crippen LogP contribution < -0.4 is 16.0 Å². The molecule has 1 aliphatic heterocycles. The van der Waals surface area contributed by atoms with Crippen molar-refractivity contribution in [2.24, 2.45) is 0 Å². The van der Waals surface area contributed by atoms with Gasteiger partial charge in [0.05, 0.1) is 11.1 Å². The Kier molecular flexibility index (Phi) is 7.60. The molecule has 0 saturated carbocycles. The van der Waals surface area contributed by atoms with Gasteiger partial charge in [0.2, 0.25) is 0 Å². The summed E-state index contributed by atoms with van der Waals surface area (Å²) in [5.41, 5.74) is 1.24. The molecule has 1 rings (SSSR count). The molecule has 0 amide bonds. The van der Waals surface area contributed by atoms with Crippen LogP contribution in [0.1, 0.15) is 132 Å². The number of rotatable bonds is 1. The van der Waals surface area contributed by atoms with Gasteiger partial charge in [-0.1, -0.05) is 5.57 Å². The van der Waals surface area contributed by atoms with Crippen molar-refractivity contribution in [3.8, 4) is 0 Å². The minimum atomic E-state index is -0.196. The molecule has 0 aromatic heterocycles. The topological polar surface area (TPSA) is 39.3 Å². The second kappa shape index (κ2) is 8.23. The summed E-state index contributed by atoms with van der Waals surface area (Å²) in [5, 5.41) is 12.3. The first kappa shape index (κ1) is 30.5. The van der Waals surface area contributed by atoms with Crippen molar-refractivity contribution < 1.29 is 0 Å². The van der Waals surface area contributed by atoms with Crippen LogP contribution in [0.4, 0.5) is 0 Å². The second-order valence-electron chi connectivity index (χ2n) is 15.2. The molecule has 0 aromatic rings. The van der Waals surface area contributed by atoms with Crippen molar-refractivity contribution in [1.29, 1.82) is 0 Å². The molecule has 0 atom stereocenters. The molecule has 0 spiro atoms. The second-order valence-corrected chi connectivity index (χ2v) is 15.2. The third-order valence-corrected chi connectivity index (χ3v) is 10.2. The lowest BCUT2D eigenvalue weighted by molar-refractivity contribution is -0.0731. The number of nitrogens with zero attached hydrogens (tertiary/aromatic N) is 1. The zero-order chi connectivity index (χ0) is 26.9. The molecule has 1 heterocycles. The van der Waals surface area contributed by atoms with Crippen LogP contribution in [0.2, 0.25) is 0 Å². The van der Waals surface area contributed by atoms with Crippen LogP contribution in [0.3, 0.4) is 0 Å². The van der Waals surface area contributed by atoms with Crippen molar-refractivity contribution >= 4 is 0 Å². The summed E-state index contributed by atoms with van der Waals surface area (Å²) in [4.78, 5) is 2.69. The van der Waals surface area contributed by atoms with Crippen LogP contribution in [-0.4, -0.2) is 49.2 Å². The first-order valence-electron chi connectivity index (χ1n) is 12.9. The van der Waals surface area contributed by atoms with E-state index in [-0.39, 0.29) is 44.3 Å². The van der Waals surface area contributed by atoms with Gasteiger partial charge in [-0.2, -0.15) is 0 Å². The molecule has 0 unspecified atom stereocenters. The molecule has 0 bridgehead atoms. The number of nitrogens with one attached hydrogen (secondary N) is 3. The predicted octanol–water partition coefficient (Wildman–Crippen LogP) is 6.61. The zero-order valence-electron chi connectivity index (χ0n) is 25.9. The summed E-state index contributed by atoms with van der Waals surface area (Å²) in [6, 6.07) is 0. The fraction of sp³-hybridized carbons (Fsp3) is 0.931. The number of hydrogen-bond acceptors (Lipinski definition) is 4. The molecular formula is C29H60N4. The fourth-order valence-electron chi connectivity index (χ4n) is 5.59. The lowest BCUT2D eigenvalue weighted by Gasteiger charge is -2.66. The maximum Gasteiger partial charge on any atom is 0.0525 e. The summed E-state index contributed by atoms with van der Waals surface area (Å²) in [6.45, 7) is 44.6. The highest BCUT2D eigenvalue weighted by Crippen LogP contribution is 2.45. The molecular weight excluding hydrogens is 404 g/mol. The van der Waals surface area contributed by atoms with E-state index in [9.17, 15) is 0 Å². The van der Waals surface area contributed by atoms with Gasteiger partial charge in [0.25, 0.3) is 0 Å².